The number of hydrogen-bond acceptors (Lipinski definition) is 6. The van der Waals surface area contributed by atoms with Crippen LogP contribution in [-0.4, -0.2) is 41.6 Å². The van der Waals surface area contributed by atoms with Crippen LogP contribution < -0.4 is 10.6 Å². The first kappa shape index (κ1) is 21.8. The Balaban J connectivity index is 1.92. The number of halogens is 3. The van der Waals surface area contributed by atoms with Gasteiger partial charge in [-0.2, -0.15) is 5.10 Å². The Morgan fingerprint density at radius 1 is 1.43 bits per heavy atom. The number of alkyl halides is 2. The molecule has 3 N–H and O–H groups in total. The van der Waals surface area contributed by atoms with Crippen molar-refractivity contribution in [1.29, 1.82) is 0 Å². The number of aromatic nitrogens is 2. The van der Waals surface area contributed by atoms with E-state index in [9.17, 15) is 13.6 Å². The van der Waals surface area contributed by atoms with Crippen LogP contribution in [-0.2, 0) is 16.1 Å². The summed E-state index contributed by atoms with van der Waals surface area (Å²) in [6.45, 7) is 2.73. The van der Waals surface area contributed by atoms with E-state index in [1.165, 1.54) is 6.07 Å². The molecule has 0 amide bonds. The third kappa shape index (κ3) is 4.79. The average molecular weight is 438 g/mol. The normalized spacial score (nSPS) is 17.5. The number of aromatic amines is 1. The van der Waals surface area contributed by atoms with Gasteiger partial charge < -0.3 is 15.4 Å². The topological polar surface area (TPSA) is 96.6 Å². The molecule has 0 spiro atoms. The number of carbonyl (C=O) groups excluding carboxylic acids is 1. The molecule has 1 fully saturated rings. The predicted octanol–water partition coefficient (Wildman–Crippen LogP) is 3.63. The Morgan fingerprint density at radius 3 is 2.87 bits per heavy atom. The molecule has 0 radical (unpaired) electrons. The monoisotopic (exact) mass is 437 g/mol. The summed E-state index contributed by atoms with van der Waals surface area (Å²) in [5, 5.41) is 6.95. The SMILES string of the molecule is CCOC(=O)C(N)=C1CN(c2cn[nH]c2Cl)CCC1=NCc1ccccc1C(F)F. The first-order valence-corrected chi connectivity index (χ1v) is 9.79. The largest absolute Gasteiger partial charge is 0.461 e. The highest BCUT2D eigenvalue weighted by molar-refractivity contribution is 6.32. The molecular formula is C20H22ClF2N5O2. The van der Waals surface area contributed by atoms with E-state index < -0.39 is 12.4 Å². The fourth-order valence-electron chi connectivity index (χ4n) is 3.26. The van der Waals surface area contributed by atoms with Gasteiger partial charge in [0.2, 0.25) is 0 Å². The van der Waals surface area contributed by atoms with Crippen LogP contribution in [0.25, 0.3) is 0 Å². The Kier molecular flexibility index (Phi) is 7.04. The van der Waals surface area contributed by atoms with E-state index in [4.69, 9.17) is 22.1 Å². The molecule has 1 aliphatic rings. The minimum absolute atomic E-state index is 0.0536. The molecule has 7 nitrogen and oxygen atoms in total. The summed E-state index contributed by atoms with van der Waals surface area (Å²) in [6.07, 6.45) is -0.555. The summed E-state index contributed by atoms with van der Waals surface area (Å²) in [6, 6.07) is 6.25. The predicted molar refractivity (Wildman–Crippen MR) is 111 cm³/mol. The van der Waals surface area contributed by atoms with Crippen molar-refractivity contribution in [3.63, 3.8) is 0 Å². The lowest BCUT2D eigenvalue weighted by atomic mass is 9.99. The molecule has 30 heavy (non-hydrogen) atoms. The zero-order valence-corrected chi connectivity index (χ0v) is 17.1. The molecule has 10 heteroatoms. The smallest absolute Gasteiger partial charge is 0.354 e. The molecule has 1 aromatic heterocycles. The van der Waals surface area contributed by atoms with Gasteiger partial charge in [-0.25, -0.2) is 13.6 Å². The summed E-state index contributed by atoms with van der Waals surface area (Å²) in [7, 11) is 0. The van der Waals surface area contributed by atoms with Crippen molar-refractivity contribution in [2.75, 3.05) is 24.6 Å². The number of esters is 1. The van der Waals surface area contributed by atoms with Gasteiger partial charge in [0.15, 0.2) is 0 Å². The second kappa shape index (κ2) is 9.71. The van der Waals surface area contributed by atoms with Crippen LogP contribution in [0.4, 0.5) is 14.5 Å². The first-order chi connectivity index (χ1) is 14.4. The van der Waals surface area contributed by atoms with Crippen LogP contribution in [0.3, 0.4) is 0 Å². The van der Waals surface area contributed by atoms with E-state index in [0.29, 0.717) is 40.7 Å². The highest BCUT2D eigenvalue weighted by Gasteiger charge is 2.27. The Bertz CT molecular complexity index is 974. The molecule has 1 aliphatic heterocycles. The van der Waals surface area contributed by atoms with E-state index in [0.717, 1.165) is 0 Å². The number of aliphatic imine (C=N–C) groups is 1. The fourth-order valence-corrected chi connectivity index (χ4v) is 3.48. The number of carbonyl (C=O) groups is 1. The van der Waals surface area contributed by atoms with E-state index >= 15 is 0 Å². The number of piperidine rings is 1. The zero-order valence-electron chi connectivity index (χ0n) is 16.4. The van der Waals surface area contributed by atoms with Gasteiger partial charge in [-0.15, -0.1) is 0 Å². The lowest BCUT2D eigenvalue weighted by molar-refractivity contribution is -0.138. The second-order valence-electron chi connectivity index (χ2n) is 6.62. The first-order valence-electron chi connectivity index (χ1n) is 9.41. The Morgan fingerprint density at radius 2 is 2.20 bits per heavy atom. The van der Waals surface area contributed by atoms with E-state index in [1.54, 1.807) is 31.3 Å². The van der Waals surface area contributed by atoms with Gasteiger partial charge in [0.1, 0.15) is 10.9 Å². The number of hydrogen-bond donors (Lipinski definition) is 2. The lowest BCUT2D eigenvalue weighted by Crippen LogP contribution is -2.38. The number of benzene rings is 1. The summed E-state index contributed by atoms with van der Waals surface area (Å²) in [5.74, 6) is -0.645. The van der Waals surface area contributed by atoms with E-state index in [2.05, 4.69) is 15.2 Å². The maximum absolute atomic E-state index is 13.3. The molecule has 0 atom stereocenters. The third-order valence-corrected chi connectivity index (χ3v) is 5.06. The summed E-state index contributed by atoms with van der Waals surface area (Å²) < 4.78 is 31.6. The van der Waals surface area contributed by atoms with Gasteiger partial charge in [-0.3, -0.25) is 10.1 Å². The van der Waals surface area contributed by atoms with Gasteiger partial charge >= 0.3 is 5.97 Å². The standard InChI is InChI=1S/C20H22ClF2N5O2/c1-2-30-20(29)17(24)14-11-28(16-10-26-27-18(16)21)8-7-15(14)25-9-12-5-3-4-6-13(12)19(22)23/h3-6,10,19H,2,7-9,11,24H2,1H3,(H,26,27). The average Bonchev–Trinajstić information content (AvgIpc) is 3.17. The van der Waals surface area contributed by atoms with Gasteiger partial charge in [-0.05, 0) is 12.5 Å². The van der Waals surface area contributed by atoms with Crippen molar-refractivity contribution in [2.45, 2.75) is 26.3 Å². The number of ether oxygens (including phenoxy) is 1. The van der Waals surface area contributed by atoms with Crippen molar-refractivity contribution in [3.8, 4) is 0 Å². The van der Waals surface area contributed by atoms with Crippen molar-refractivity contribution in [3.05, 3.63) is 58.0 Å². The van der Waals surface area contributed by atoms with Crippen molar-refractivity contribution < 1.29 is 18.3 Å². The molecule has 0 aliphatic carbocycles. The quantitative estimate of drug-likeness (QED) is 0.531. The molecule has 3 rings (SSSR count). The lowest BCUT2D eigenvalue weighted by Gasteiger charge is -2.31. The van der Waals surface area contributed by atoms with Gasteiger partial charge in [0.25, 0.3) is 6.43 Å². The second-order valence-corrected chi connectivity index (χ2v) is 6.99. The molecule has 2 heterocycles. The van der Waals surface area contributed by atoms with Crippen molar-refractivity contribution in [1.82, 2.24) is 10.2 Å². The van der Waals surface area contributed by atoms with Crippen LogP contribution in [0.1, 0.15) is 30.9 Å². The summed E-state index contributed by atoms with van der Waals surface area (Å²) in [4.78, 5) is 18.7. The molecule has 1 aromatic carbocycles. The minimum Gasteiger partial charge on any atom is -0.461 e. The number of rotatable bonds is 6. The maximum atomic E-state index is 13.3. The molecule has 0 saturated carbocycles. The van der Waals surface area contributed by atoms with Crippen molar-refractivity contribution >= 4 is 29.0 Å². The van der Waals surface area contributed by atoms with Crippen LogP contribution in [0.2, 0.25) is 5.15 Å². The molecular weight excluding hydrogens is 416 g/mol. The molecule has 160 valence electrons. The maximum Gasteiger partial charge on any atom is 0.354 e. The van der Waals surface area contributed by atoms with E-state index in [1.807, 2.05) is 4.90 Å². The van der Waals surface area contributed by atoms with Crippen LogP contribution in [0.5, 0.6) is 0 Å². The molecule has 1 saturated heterocycles. The van der Waals surface area contributed by atoms with Crippen molar-refractivity contribution in [2.24, 2.45) is 10.7 Å². The van der Waals surface area contributed by atoms with E-state index in [-0.39, 0.29) is 31.0 Å². The number of nitrogens with two attached hydrogens (primary N) is 1. The molecule has 0 unspecified atom stereocenters. The Hall–Kier alpha value is -2.94. The van der Waals surface area contributed by atoms with Crippen LogP contribution in [0.15, 0.2) is 46.7 Å². The molecule has 0 bridgehead atoms. The number of H-pyrrole nitrogens is 1. The zero-order chi connectivity index (χ0) is 21.7. The van der Waals surface area contributed by atoms with Crippen LogP contribution >= 0.6 is 11.6 Å². The number of anilines is 1. The van der Waals surface area contributed by atoms with Crippen LogP contribution in [0, 0.1) is 0 Å². The molecule has 2 aromatic rings. The highest BCUT2D eigenvalue weighted by atomic mass is 35.5. The number of nitrogens with one attached hydrogen (secondary N) is 1. The van der Waals surface area contributed by atoms with Gasteiger partial charge in [0.05, 0.1) is 25.0 Å². The number of nitrogens with zero attached hydrogens (tertiary/aromatic N) is 3. The summed E-state index contributed by atoms with van der Waals surface area (Å²) >= 11 is 6.14. The summed E-state index contributed by atoms with van der Waals surface area (Å²) in [5.41, 5.74) is 8.15. The van der Waals surface area contributed by atoms with Gasteiger partial charge in [0, 0.05) is 36.4 Å². The fraction of sp³-hybridized carbons (Fsp3) is 0.350. The Labute approximate surface area is 177 Å². The highest BCUT2D eigenvalue weighted by Crippen LogP contribution is 2.28. The third-order valence-electron chi connectivity index (χ3n) is 4.78. The van der Waals surface area contributed by atoms with Gasteiger partial charge in [-0.1, -0.05) is 35.9 Å². The minimum atomic E-state index is -2.59.